The van der Waals surface area contributed by atoms with Crippen molar-refractivity contribution in [1.82, 2.24) is 20.4 Å². The molecule has 1 unspecified atom stereocenters. The minimum atomic E-state index is 0. The normalized spacial score (nSPS) is 21.9. The maximum absolute atomic E-state index is 5.29. The fraction of sp³-hybridized carbons (Fsp3) is 0.950. The number of nitrogens with zero attached hydrogens (tertiary/aromatic N) is 3. The fourth-order valence-electron chi connectivity index (χ4n) is 4.07. The Morgan fingerprint density at radius 2 is 1.81 bits per heavy atom. The van der Waals surface area contributed by atoms with Gasteiger partial charge in [-0.25, -0.2) is 0 Å². The highest BCUT2D eigenvalue weighted by molar-refractivity contribution is 14.0. The van der Waals surface area contributed by atoms with Crippen LogP contribution in [0.5, 0.6) is 0 Å². The zero-order valence-electron chi connectivity index (χ0n) is 17.9. The van der Waals surface area contributed by atoms with Crippen LogP contribution in [0.15, 0.2) is 4.99 Å². The number of methoxy groups -OCH3 is 1. The number of hydrogen-bond donors (Lipinski definition) is 2. The van der Waals surface area contributed by atoms with E-state index in [1.165, 1.54) is 58.5 Å². The second-order valence-corrected chi connectivity index (χ2v) is 8.24. The molecule has 0 aromatic carbocycles. The summed E-state index contributed by atoms with van der Waals surface area (Å²) >= 11 is 0. The van der Waals surface area contributed by atoms with Crippen molar-refractivity contribution in [2.45, 2.75) is 39.5 Å². The van der Waals surface area contributed by atoms with Crippen LogP contribution in [0.1, 0.15) is 39.5 Å². The van der Waals surface area contributed by atoms with E-state index < -0.39 is 0 Å². The molecule has 2 rings (SSSR count). The summed E-state index contributed by atoms with van der Waals surface area (Å²) in [6.45, 7) is 14.6. The standard InChI is InChI=1S/C20H41N5O.HI/c1-5-24-10-12-25(13-11-24)16-18(2)15-22-19(21-3)23-17-20(7-6-8-20)9-14-26-4;/h18H,5-17H2,1-4H3,(H2,21,22,23);1H. The highest BCUT2D eigenvalue weighted by atomic mass is 127. The van der Waals surface area contributed by atoms with Crippen molar-refractivity contribution < 1.29 is 4.74 Å². The molecule has 27 heavy (non-hydrogen) atoms. The highest BCUT2D eigenvalue weighted by Gasteiger charge is 2.36. The average molecular weight is 495 g/mol. The zero-order valence-corrected chi connectivity index (χ0v) is 20.3. The molecule has 0 aromatic rings. The molecule has 0 aromatic heterocycles. The van der Waals surface area contributed by atoms with Crippen LogP contribution in [0.4, 0.5) is 0 Å². The number of rotatable bonds is 10. The molecule has 1 aliphatic carbocycles. The van der Waals surface area contributed by atoms with E-state index in [-0.39, 0.29) is 24.0 Å². The van der Waals surface area contributed by atoms with Crippen LogP contribution in [0.2, 0.25) is 0 Å². The molecule has 0 radical (unpaired) electrons. The first kappa shape index (κ1) is 24.9. The van der Waals surface area contributed by atoms with E-state index >= 15 is 0 Å². The largest absolute Gasteiger partial charge is 0.385 e. The van der Waals surface area contributed by atoms with Crippen molar-refractivity contribution in [3.63, 3.8) is 0 Å². The average Bonchev–Trinajstić information content (AvgIpc) is 2.63. The van der Waals surface area contributed by atoms with Gasteiger partial charge in [-0.3, -0.25) is 4.99 Å². The molecule has 160 valence electrons. The summed E-state index contributed by atoms with van der Waals surface area (Å²) in [6.07, 6.45) is 5.11. The van der Waals surface area contributed by atoms with E-state index in [2.05, 4.69) is 39.3 Å². The molecule has 0 bridgehead atoms. The second kappa shape index (κ2) is 13.2. The third-order valence-corrected chi connectivity index (χ3v) is 6.21. The number of nitrogens with one attached hydrogen (secondary N) is 2. The maximum Gasteiger partial charge on any atom is 0.191 e. The second-order valence-electron chi connectivity index (χ2n) is 8.24. The predicted molar refractivity (Wildman–Crippen MR) is 125 cm³/mol. The van der Waals surface area contributed by atoms with Gasteiger partial charge in [-0.2, -0.15) is 0 Å². The summed E-state index contributed by atoms with van der Waals surface area (Å²) in [5.74, 6) is 1.56. The van der Waals surface area contributed by atoms with Crippen molar-refractivity contribution >= 4 is 29.9 Å². The minimum Gasteiger partial charge on any atom is -0.385 e. The lowest BCUT2D eigenvalue weighted by Crippen LogP contribution is -2.50. The van der Waals surface area contributed by atoms with Gasteiger partial charge in [0.2, 0.25) is 0 Å². The molecule has 1 atom stereocenters. The first-order valence-electron chi connectivity index (χ1n) is 10.5. The number of piperazine rings is 1. The van der Waals surface area contributed by atoms with Gasteiger partial charge in [-0.1, -0.05) is 20.3 Å². The summed E-state index contributed by atoms with van der Waals surface area (Å²) in [5.41, 5.74) is 0.415. The number of aliphatic imine (C=N–C) groups is 1. The van der Waals surface area contributed by atoms with E-state index in [0.29, 0.717) is 11.3 Å². The molecule has 2 aliphatic rings. The van der Waals surface area contributed by atoms with Crippen LogP contribution in [-0.4, -0.2) is 88.9 Å². The molecule has 1 saturated heterocycles. The zero-order chi connectivity index (χ0) is 18.8. The summed E-state index contributed by atoms with van der Waals surface area (Å²) in [6, 6.07) is 0. The van der Waals surface area contributed by atoms with Crippen molar-refractivity contribution in [2.75, 3.05) is 73.1 Å². The monoisotopic (exact) mass is 495 g/mol. The van der Waals surface area contributed by atoms with Crippen LogP contribution < -0.4 is 10.6 Å². The number of halogens is 1. The quantitative estimate of drug-likeness (QED) is 0.277. The van der Waals surface area contributed by atoms with Crippen LogP contribution in [0.3, 0.4) is 0 Å². The van der Waals surface area contributed by atoms with Gasteiger partial charge in [0.1, 0.15) is 0 Å². The smallest absolute Gasteiger partial charge is 0.191 e. The Hall–Kier alpha value is -0.120. The summed E-state index contributed by atoms with van der Waals surface area (Å²) in [7, 11) is 3.66. The van der Waals surface area contributed by atoms with E-state index in [9.17, 15) is 0 Å². The highest BCUT2D eigenvalue weighted by Crippen LogP contribution is 2.43. The SMILES string of the molecule is CCN1CCN(CC(C)CNC(=NC)NCC2(CCOC)CCC2)CC1.I. The lowest BCUT2D eigenvalue weighted by molar-refractivity contribution is 0.0732. The maximum atomic E-state index is 5.29. The van der Waals surface area contributed by atoms with Gasteiger partial charge < -0.3 is 25.2 Å². The Kier molecular flexibility index (Phi) is 12.2. The van der Waals surface area contributed by atoms with E-state index in [1.54, 1.807) is 7.11 Å². The number of hydrogen-bond acceptors (Lipinski definition) is 4. The van der Waals surface area contributed by atoms with E-state index in [0.717, 1.165) is 32.1 Å². The van der Waals surface area contributed by atoms with Crippen LogP contribution in [0.25, 0.3) is 0 Å². The Morgan fingerprint density at radius 3 is 2.33 bits per heavy atom. The lowest BCUT2D eigenvalue weighted by atomic mass is 9.67. The van der Waals surface area contributed by atoms with Gasteiger partial charge in [0.05, 0.1) is 0 Å². The summed E-state index contributed by atoms with van der Waals surface area (Å²) in [5, 5.41) is 7.08. The van der Waals surface area contributed by atoms with Crippen molar-refractivity contribution in [3.8, 4) is 0 Å². The lowest BCUT2D eigenvalue weighted by Gasteiger charge is -2.42. The van der Waals surface area contributed by atoms with Gasteiger partial charge in [0, 0.05) is 66.6 Å². The third kappa shape index (κ3) is 8.41. The Labute approximate surface area is 183 Å². The van der Waals surface area contributed by atoms with Gasteiger partial charge in [0.25, 0.3) is 0 Å². The molecule has 0 spiro atoms. The number of likely N-dealkylation sites (N-methyl/N-ethyl adjacent to an activating group) is 1. The first-order chi connectivity index (χ1) is 12.6. The molecule has 6 nitrogen and oxygen atoms in total. The van der Waals surface area contributed by atoms with E-state index in [4.69, 9.17) is 4.74 Å². The van der Waals surface area contributed by atoms with Gasteiger partial charge in [0.15, 0.2) is 5.96 Å². The van der Waals surface area contributed by atoms with Crippen LogP contribution in [-0.2, 0) is 4.74 Å². The first-order valence-corrected chi connectivity index (χ1v) is 10.5. The van der Waals surface area contributed by atoms with Gasteiger partial charge >= 0.3 is 0 Å². The van der Waals surface area contributed by atoms with Crippen molar-refractivity contribution in [2.24, 2.45) is 16.3 Å². The van der Waals surface area contributed by atoms with E-state index in [1.807, 2.05) is 7.05 Å². The van der Waals surface area contributed by atoms with Crippen LogP contribution in [0, 0.1) is 11.3 Å². The fourth-order valence-corrected chi connectivity index (χ4v) is 4.07. The Balaban J connectivity index is 0.00000364. The summed E-state index contributed by atoms with van der Waals surface area (Å²) in [4.78, 5) is 9.55. The predicted octanol–water partition coefficient (Wildman–Crippen LogP) is 2.25. The number of guanidine groups is 1. The van der Waals surface area contributed by atoms with Crippen molar-refractivity contribution in [1.29, 1.82) is 0 Å². The third-order valence-electron chi connectivity index (χ3n) is 6.21. The van der Waals surface area contributed by atoms with Gasteiger partial charge in [-0.05, 0) is 37.1 Å². The topological polar surface area (TPSA) is 52.1 Å². The molecule has 7 heteroatoms. The molecule has 2 N–H and O–H groups in total. The van der Waals surface area contributed by atoms with Gasteiger partial charge in [-0.15, -0.1) is 24.0 Å². The van der Waals surface area contributed by atoms with Crippen LogP contribution >= 0.6 is 24.0 Å². The molecule has 1 heterocycles. The number of ether oxygens (including phenoxy) is 1. The molecular formula is C20H42IN5O. The molecular weight excluding hydrogens is 453 g/mol. The minimum absolute atomic E-state index is 0. The van der Waals surface area contributed by atoms with Crippen molar-refractivity contribution in [3.05, 3.63) is 0 Å². The molecule has 1 aliphatic heterocycles. The molecule has 1 saturated carbocycles. The summed E-state index contributed by atoms with van der Waals surface area (Å²) < 4.78 is 5.29. The Morgan fingerprint density at radius 1 is 1.15 bits per heavy atom. The molecule has 0 amide bonds. The molecule has 2 fully saturated rings. The Bertz CT molecular complexity index is 423.